The highest BCUT2D eigenvalue weighted by Crippen LogP contribution is 2.27. The first-order valence-corrected chi connectivity index (χ1v) is 5.13. The fourth-order valence-corrected chi connectivity index (χ4v) is 1.53. The van der Waals surface area contributed by atoms with Crippen LogP contribution in [0.2, 0.25) is 0 Å². The van der Waals surface area contributed by atoms with E-state index in [1.165, 1.54) is 0 Å². The van der Waals surface area contributed by atoms with E-state index >= 15 is 0 Å². The Hall–Kier alpha value is -0.200. The lowest BCUT2D eigenvalue weighted by Gasteiger charge is -2.10. The molecule has 0 fully saturated rings. The van der Waals surface area contributed by atoms with Crippen LogP contribution in [-0.2, 0) is 0 Å². The van der Waals surface area contributed by atoms with Crippen molar-refractivity contribution in [3.8, 4) is 0 Å². The molecule has 0 aromatic carbocycles. The van der Waals surface area contributed by atoms with Gasteiger partial charge in [0, 0.05) is 10.1 Å². The van der Waals surface area contributed by atoms with Gasteiger partial charge >= 0.3 is 0 Å². The number of hydrogen-bond acceptors (Lipinski definition) is 0. The molecular formula is C11H18Cl2. The van der Waals surface area contributed by atoms with Crippen LogP contribution in [0.15, 0.2) is 34.9 Å². The van der Waals surface area contributed by atoms with Gasteiger partial charge in [0.05, 0.1) is 0 Å². The Morgan fingerprint density at radius 1 is 1.23 bits per heavy atom. The molecule has 0 aliphatic heterocycles. The van der Waals surface area contributed by atoms with Gasteiger partial charge in [0.25, 0.3) is 0 Å². The van der Waals surface area contributed by atoms with E-state index in [2.05, 4.69) is 13.2 Å². The zero-order chi connectivity index (χ0) is 11.0. The normalized spacial score (nSPS) is 11.3. The molecular weight excluding hydrogens is 203 g/mol. The minimum atomic E-state index is 0.283. The molecule has 0 bridgehead atoms. The molecule has 0 unspecified atom stereocenters. The van der Waals surface area contributed by atoms with Gasteiger partial charge in [-0.25, -0.2) is 0 Å². The smallest absolute Gasteiger partial charge is 0.0449 e. The van der Waals surface area contributed by atoms with E-state index in [0.29, 0.717) is 10.1 Å². The Balaban J connectivity index is 0. The second-order valence-corrected chi connectivity index (χ2v) is 3.39. The molecule has 0 amide bonds. The predicted octanol–water partition coefficient (Wildman–Crippen LogP) is 5.10. The zero-order valence-electron chi connectivity index (χ0n) is 8.82. The molecule has 13 heavy (non-hydrogen) atoms. The largest absolute Gasteiger partial charge is 0.0976 e. The fourth-order valence-electron chi connectivity index (χ4n) is 0.829. The molecule has 0 aromatic rings. The summed E-state index contributed by atoms with van der Waals surface area (Å²) in [6, 6.07) is 0. The van der Waals surface area contributed by atoms with Crippen LogP contribution in [0.5, 0.6) is 0 Å². The molecule has 0 N–H and O–H groups in total. The van der Waals surface area contributed by atoms with E-state index in [-0.39, 0.29) is 5.92 Å². The lowest BCUT2D eigenvalue weighted by atomic mass is 10.0. The number of rotatable bonds is 3. The molecule has 0 aliphatic rings. The maximum Gasteiger partial charge on any atom is 0.0449 e. The highest BCUT2D eigenvalue weighted by molar-refractivity contribution is 6.36. The van der Waals surface area contributed by atoms with Gasteiger partial charge in [0.1, 0.15) is 0 Å². The van der Waals surface area contributed by atoms with Gasteiger partial charge in [0.2, 0.25) is 0 Å². The number of halogens is 2. The van der Waals surface area contributed by atoms with Crippen molar-refractivity contribution in [1.82, 2.24) is 0 Å². The Morgan fingerprint density at radius 3 is 1.69 bits per heavy atom. The highest BCUT2D eigenvalue weighted by atomic mass is 35.5. The van der Waals surface area contributed by atoms with Crippen LogP contribution in [0.1, 0.15) is 27.7 Å². The third-order valence-electron chi connectivity index (χ3n) is 1.31. The molecule has 0 rings (SSSR count). The molecule has 0 saturated heterocycles. The second-order valence-electron chi connectivity index (χ2n) is 2.53. The maximum atomic E-state index is 5.84. The van der Waals surface area contributed by atoms with Crippen molar-refractivity contribution in [2.45, 2.75) is 27.7 Å². The number of allylic oxidation sites excluding steroid dienone is 4. The van der Waals surface area contributed by atoms with E-state index in [1.54, 1.807) is 6.08 Å². The lowest BCUT2D eigenvalue weighted by Crippen LogP contribution is -1.95. The van der Waals surface area contributed by atoms with Gasteiger partial charge in [-0.1, -0.05) is 70.1 Å². The van der Waals surface area contributed by atoms with Crippen LogP contribution in [0.4, 0.5) is 0 Å². The molecule has 0 nitrogen and oxygen atoms in total. The first-order valence-electron chi connectivity index (χ1n) is 4.37. The van der Waals surface area contributed by atoms with E-state index in [4.69, 9.17) is 23.2 Å². The van der Waals surface area contributed by atoms with E-state index in [9.17, 15) is 0 Å². The SMILES string of the molecule is C=C/C(Cl)=C(\C(=C)Cl)C(C)C.CC. The second kappa shape index (κ2) is 8.40. The molecule has 0 radical (unpaired) electrons. The van der Waals surface area contributed by atoms with Crippen molar-refractivity contribution in [3.63, 3.8) is 0 Å². The summed E-state index contributed by atoms with van der Waals surface area (Å²) in [5.74, 6) is 0.283. The van der Waals surface area contributed by atoms with Gasteiger partial charge in [-0.05, 0) is 11.5 Å². The van der Waals surface area contributed by atoms with Crippen LogP contribution in [0, 0.1) is 5.92 Å². The zero-order valence-corrected chi connectivity index (χ0v) is 10.3. The molecule has 0 aromatic heterocycles. The van der Waals surface area contributed by atoms with Gasteiger partial charge < -0.3 is 0 Å². The summed E-state index contributed by atoms with van der Waals surface area (Å²) in [5, 5.41) is 1.07. The first-order chi connectivity index (χ1) is 6.00. The van der Waals surface area contributed by atoms with Crippen LogP contribution in [0.3, 0.4) is 0 Å². The summed E-state index contributed by atoms with van der Waals surface area (Å²) in [7, 11) is 0. The van der Waals surface area contributed by atoms with Crippen LogP contribution < -0.4 is 0 Å². The van der Waals surface area contributed by atoms with Crippen LogP contribution >= 0.6 is 23.2 Å². The number of hydrogen-bond donors (Lipinski definition) is 0. The molecule has 0 aliphatic carbocycles. The summed E-state index contributed by atoms with van der Waals surface area (Å²) < 4.78 is 0. The van der Waals surface area contributed by atoms with Gasteiger partial charge in [-0.3, -0.25) is 0 Å². The van der Waals surface area contributed by atoms with Crippen LogP contribution in [0.25, 0.3) is 0 Å². The average molecular weight is 221 g/mol. The molecule has 76 valence electrons. The highest BCUT2D eigenvalue weighted by Gasteiger charge is 2.08. The van der Waals surface area contributed by atoms with Crippen molar-refractivity contribution in [2.24, 2.45) is 5.92 Å². The topological polar surface area (TPSA) is 0 Å². The third kappa shape index (κ3) is 5.95. The predicted molar refractivity (Wildman–Crippen MR) is 64.3 cm³/mol. The van der Waals surface area contributed by atoms with Crippen LogP contribution in [-0.4, -0.2) is 0 Å². The summed E-state index contributed by atoms with van der Waals surface area (Å²) in [5.41, 5.74) is 0.864. The Labute approximate surface area is 91.9 Å². The summed E-state index contributed by atoms with van der Waals surface area (Å²) >= 11 is 11.6. The Bertz CT molecular complexity index is 200. The molecule has 2 heteroatoms. The Morgan fingerprint density at radius 2 is 1.62 bits per heavy atom. The van der Waals surface area contributed by atoms with Gasteiger partial charge in [0.15, 0.2) is 0 Å². The third-order valence-corrected chi connectivity index (χ3v) is 1.87. The standard InChI is InChI=1S/C9H12Cl2.C2H6/c1-5-8(11)9(6(2)3)7(4)10;1-2/h5-6H,1,4H2,2-3H3;1-2H3/b9-8+;. The minimum Gasteiger partial charge on any atom is -0.0976 e. The quantitative estimate of drug-likeness (QED) is 0.581. The summed E-state index contributed by atoms with van der Waals surface area (Å²) in [4.78, 5) is 0. The Kier molecular flexibility index (Phi) is 9.87. The van der Waals surface area contributed by atoms with E-state index < -0.39 is 0 Å². The molecule has 0 atom stereocenters. The average Bonchev–Trinajstić information content (AvgIpc) is 2.06. The molecule has 0 saturated carbocycles. The maximum absolute atomic E-state index is 5.84. The van der Waals surface area contributed by atoms with E-state index in [0.717, 1.165) is 5.57 Å². The van der Waals surface area contributed by atoms with Crippen molar-refractivity contribution < 1.29 is 0 Å². The van der Waals surface area contributed by atoms with E-state index in [1.807, 2.05) is 27.7 Å². The lowest BCUT2D eigenvalue weighted by molar-refractivity contribution is 0.786. The fraction of sp³-hybridized carbons (Fsp3) is 0.455. The van der Waals surface area contributed by atoms with Gasteiger partial charge in [-0.15, -0.1) is 0 Å². The monoisotopic (exact) mass is 220 g/mol. The van der Waals surface area contributed by atoms with Crippen molar-refractivity contribution in [1.29, 1.82) is 0 Å². The van der Waals surface area contributed by atoms with Crippen molar-refractivity contribution >= 4 is 23.2 Å². The van der Waals surface area contributed by atoms with Crippen molar-refractivity contribution in [3.05, 3.63) is 34.9 Å². The summed E-state index contributed by atoms with van der Waals surface area (Å²) in [6.07, 6.45) is 1.57. The first kappa shape index (κ1) is 15.3. The molecule has 0 heterocycles. The minimum absolute atomic E-state index is 0.283. The van der Waals surface area contributed by atoms with Gasteiger partial charge in [-0.2, -0.15) is 0 Å². The molecule has 0 spiro atoms. The van der Waals surface area contributed by atoms with Crippen molar-refractivity contribution in [2.75, 3.05) is 0 Å². The summed E-state index contributed by atoms with van der Waals surface area (Å²) in [6.45, 7) is 15.2.